The van der Waals surface area contributed by atoms with E-state index in [1.165, 1.54) is 19.3 Å². The third-order valence-electron chi connectivity index (χ3n) is 3.30. The first-order valence-electron chi connectivity index (χ1n) is 5.71. The van der Waals surface area contributed by atoms with Crippen LogP contribution in [0.5, 0.6) is 0 Å². The highest BCUT2D eigenvalue weighted by atomic mass is 35.5. The van der Waals surface area contributed by atoms with Crippen LogP contribution < -0.4 is 5.32 Å². The Bertz CT molecular complexity index is 344. The summed E-state index contributed by atoms with van der Waals surface area (Å²) in [5.41, 5.74) is 0. The van der Waals surface area contributed by atoms with Gasteiger partial charge in [-0.25, -0.2) is 4.98 Å². The molecule has 0 aromatic carbocycles. The lowest BCUT2D eigenvalue weighted by Crippen LogP contribution is -2.19. The number of nitrogens with zero attached hydrogens (tertiary/aromatic N) is 1. The molecule has 0 spiro atoms. The van der Waals surface area contributed by atoms with Gasteiger partial charge in [-0.15, -0.1) is 11.6 Å². The molecule has 0 aliphatic heterocycles. The molecule has 1 saturated carbocycles. The van der Waals surface area contributed by atoms with Gasteiger partial charge in [0.15, 0.2) is 0 Å². The van der Waals surface area contributed by atoms with Crippen molar-refractivity contribution in [3.63, 3.8) is 0 Å². The lowest BCUT2D eigenvalue weighted by Gasteiger charge is -2.18. The van der Waals surface area contributed by atoms with Crippen LogP contribution in [0, 0.1) is 11.8 Å². The zero-order chi connectivity index (χ0) is 11.4. The molecule has 0 saturated heterocycles. The monoisotopic (exact) mass is 258 g/mol. The van der Waals surface area contributed by atoms with Crippen LogP contribution in [0.15, 0.2) is 18.3 Å². The van der Waals surface area contributed by atoms with Crippen LogP contribution in [-0.4, -0.2) is 17.4 Å². The number of nitrogens with one attached hydrogen (secondary N) is 1. The van der Waals surface area contributed by atoms with Crippen molar-refractivity contribution in [2.24, 2.45) is 11.8 Å². The highest BCUT2D eigenvalue weighted by Crippen LogP contribution is 2.32. The molecule has 1 aliphatic carbocycles. The quantitative estimate of drug-likeness (QED) is 0.832. The number of alkyl halides is 1. The Balaban J connectivity index is 1.90. The van der Waals surface area contributed by atoms with Crippen molar-refractivity contribution in [3.05, 3.63) is 23.4 Å². The number of anilines is 1. The Morgan fingerprint density at radius 1 is 1.38 bits per heavy atom. The molecule has 4 heteroatoms. The smallest absolute Gasteiger partial charge is 0.144 e. The van der Waals surface area contributed by atoms with Gasteiger partial charge in [-0.1, -0.05) is 18.0 Å². The van der Waals surface area contributed by atoms with E-state index in [0.29, 0.717) is 16.9 Å². The van der Waals surface area contributed by atoms with Gasteiger partial charge in [0, 0.05) is 18.6 Å². The summed E-state index contributed by atoms with van der Waals surface area (Å²) in [7, 11) is 0. The maximum atomic E-state index is 6.03. The predicted octanol–water partition coefficient (Wildman–Crippen LogP) is 3.80. The number of pyridine rings is 1. The van der Waals surface area contributed by atoms with Crippen LogP contribution in [0.2, 0.25) is 5.02 Å². The highest BCUT2D eigenvalue weighted by Gasteiger charge is 2.26. The third kappa shape index (κ3) is 2.80. The van der Waals surface area contributed by atoms with Gasteiger partial charge in [0.1, 0.15) is 5.82 Å². The van der Waals surface area contributed by atoms with E-state index in [0.717, 1.165) is 18.2 Å². The molecule has 16 heavy (non-hydrogen) atoms. The Morgan fingerprint density at radius 3 is 2.94 bits per heavy atom. The van der Waals surface area contributed by atoms with Crippen molar-refractivity contribution in [2.75, 3.05) is 17.7 Å². The van der Waals surface area contributed by atoms with Crippen molar-refractivity contribution in [1.82, 2.24) is 4.98 Å². The van der Waals surface area contributed by atoms with E-state index >= 15 is 0 Å². The Kier molecular flexibility index (Phi) is 4.30. The summed E-state index contributed by atoms with van der Waals surface area (Å²) in [5, 5.41) is 4.00. The fourth-order valence-electron chi connectivity index (χ4n) is 2.33. The lowest BCUT2D eigenvalue weighted by molar-refractivity contribution is 0.444. The number of aromatic nitrogens is 1. The molecule has 2 nitrogen and oxygen atoms in total. The highest BCUT2D eigenvalue weighted by molar-refractivity contribution is 6.32. The molecule has 1 aromatic rings. The normalized spacial score (nSPS) is 24.6. The predicted molar refractivity (Wildman–Crippen MR) is 69.3 cm³/mol. The minimum atomic E-state index is 0.650. The minimum absolute atomic E-state index is 0.650. The number of halogens is 2. The number of hydrogen-bond acceptors (Lipinski definition) is 2. The second kappa shape index (κ2) is 5.74. The van der Waals surface area contributed by atoms with E-state index in [1.54, 1.807) is 6.20 Å². The summed E-state index contributed by atoms with van der Waals surface area (Å²) in [6.07, 6.45) is 5.56. The Labute approximate surface area is 106 Å². The molecule has 1 aliphatic rings. The second-order valence-electron chi connectivity index (χ2n) is 4.32. The van der Waals surface area contributed by atoms with Gasteiger partial charge >= 0.3 is 0 Å². The summed E-state index contributed by atoms with van der Waals surface area (Å²) >= 11 is 12.0. The first-order chi connectivity index (χ1) is 7.81. The summed E-state index contributed by atoms with van der Waals surface area (Å²) in [5.74, 6) is 2.86. The zero-order valence-electron chi connectivity index (χ0n) is 9.13. The van der Waals surface area contributed by atoms with Gasteiger partial charge < -0.3 is 5.32 Å². The fourth-order valence-corrected chi connectivity index (χ4v) is 2.92. The standard InChI is InChI=1S/C12H16Cl2N2/c13-7-9-3-1-4-10(9)8-16-12-11(14)5-2-6-15-12/h2,5-6,9-10H,1,3-4,7-8H2,(H,15,16). The van der Waals surface area contributed by atoms with Gasteiger partial charge in [-0.2, -0.15) is 0 Å². The summed E-state index contributed by atoms with van der Waals surface area (Å²) in [6.45, 7) is 0.925. The molecule has 0 amide bonds. The van der Waals surface area contributed by atoms with E-state index in [2.05, 4.69) is 10.3 Å². The van der Waals surface area contributed by atoms with Crippen LogP contribution in [0.4, 0.5) is 5.82 Å². The SMILES string of the molecule is ClCC1CCCC1CNc1ncccc1Cl. The Hall–Kier alpha value is -0.470. The summed E-state index contributed by atoms with van der Waals surface area (Å²) < 4.78 is 0. The largest absolute Gasteiger partial charge is 0.369 e. The van der Waals surface area contributed by atoms with E-state index in [1.807, 2.05) is 12.1 Å². The molecular formula is C12H16Cl2N2. The average Bonchev–Trinajstić information content (AvgIpc) is 2.75. The van der Waals surface area contributed by atoms with Crippen molar-refractivity contribution in [3.8, 4) is 0 Å². The van der Waals surface area contributed by atoms with Gasteiger partial charge in [-0.05, 0) is 36.8 Å². The second-order valence-corrected chi connectivity index (χ2v) is 5.04. The molecule has 1 fully saturated rings. The van der Waals surface area contributed by atoms with Crippen LogP contribution in [0.1, 0.15) is 19.3 Å². The first-order valence-corrected chi connectivity index (χ1v) is 6.63. The molecule has 2 rings (SSSR count). The molecular weight excluding hydrogens is 243 g/mol. The van der Waals surface area contributed by atoms with E-state index < -0.39 is 0 Å². The lowest BCUT2D eigenvalue weighted by atomic mass is 9.98. The van der Waals surface area contributed by atoms with Gasteiger partial charge in [0.25, 0.3) is 0 Å². The zero-order valence-corrected chi connectivity index (χ0v) is 10.6. The fraction of sp³-hybridized carbons (Fsp3) is 0.583. The molecule has 2 atom stereocenters. The summed E-state index contributed by atoms with van der Waals surface area (Å²) in [4.78, 5) is 4.21. The van der Waals surface area contributed by atoms with Crippen molar-refractivity contribution >= 4 is 29.0 Å². The molecule has 88 valence electrons. The number of rotatable bonds is 4. The van der Waals surface area contributed by atoms with E-state index in [4.69, 9.17) is 23.2 Å². The van der Waals surface area contributed by atoms with Crippen LogP contribution in [-0.2, 0) is 0 Å². The van der Waals surface area contributed by atoms with E-state index in [-0.39, 0.29) is 0 Å². The van der Waals surface area contributed by atoms with E-state index in [9.17, 15) is 0 Å². The summed E-state index contributed by atoms with van der Waals surface area (Å²) in [6, 6.07) is 3.69. The van der Waals surface area contributed by atoms with Crippen LogP contribution >= 0.6 is 23.2 Å². The van der Waals surface area contributed by atoms with Crippen molar-refractivity contribution < 1.29 is 0 Å². The van der Waals surface area contributed by atoms with Crippen LogP contribution in [0.25, 0.3) is 0 Å². The molecule has 0 radical (unpaired) electrons. The molecule has 0 bridgehead atoms. The molecule has 1 aromatic heterocycles. The molecule has 2 unspecified atom stereocenters. The van der Waals surface area contributed by atoms with Crippen LogP contribution in [0.3, 0.4) is 0 Å². The number of hydrogen-bond donors (Lipinski definition) is 1. The van der Waals surface area contributed by atoms with Crippen molar-refractivity contribution in [1.29, 1.82) is 0 Å². The third-order valence-corrected chi connectivity index (χ3v) is 4.01. The topological polar surface area (TPSA) is 24.9 Å². The average molecular weight is 259 g/mol. The Morgan fingerprint density at radius 2 is 2.19 bits per heavy atom. The van der Waals surface area contributed by atoms with Gasteiger partial charge in [0.2, 0.25) is 0 Å². The van der Waals surface area contributed by atoms with Gasteiger partial charge in [-0.3, -0.25) is 0 Å². The van der Waals surface area contributed by atoms with Gasteiger partial charge in [0.05, 0.1) is 5.02 Å². The molecule has 1 N–H and O–H groups in total. The molecule has 1 heterocycles. The maximum Gasteiger partial charge on any atom is 0.144 e. The first kappa shape index (κ1) is 12.0. The minimum Gasteiger partial charge on any atom is -0.369 e. The van der Waals surface area contributed by atoms with Crippen molar-refractivity contribution in [2.45, 2.75) is 19.3 Å². The maximum absolute atomic E-state index is 6.03.